The minimum atomic E-state index is -1.11. The van der Waals surface area contributed by atoms with Crippen LogP contribution in [-0.2, 0) is 35.2 Å². The molecule has 58 heavy (non-hydrogen) atoms. The van der Waals surface area contributed by atoms with Gasteiger partial charge in [-0.3, -0.25) is 14.6 Å². The summed E-state index contributed by atoms with van der Waals surface area (Å²) in [5.74, 6) is -2.23. The molecule has 0 saturated carbocycles. The fourth-order valence-electron chi connectivity index (χ4n) is 6.40. The second-order valence-corrected chi connectivity index (χ2v) is 15.3. The number of esters is 1. The Morgan fingerprint density at radius 1 is 0.741 bits per heavy atom. The van der Waals surface area contributed by atoms with Crippen molar-refractivity contribution in [3.63, 3.8) is 0 Å². The number of ether oxygens (including phenoxy) is 3. The first-order chi connectivity index (χ1) is 27.6. The number of carbonyl (C=O) groups is 5. The predicted octanol–water partition coefficient (Wildman–Crippen LogP) is 4.68. The summed E-state index contributed by atoms with van der Waals surface area (Å²) in [5, 5.41) is 10.7. The number of unbranched alkanes of at least 4 members (excludes halogenated alkanes) is 1. The number of rotatable bonds is 19. The number of hydrogen-bond acceptors (Lipinski definition) is 9. The Morgan fingerprint density at radius 2 is 1.36 bits per heavy atom. The first kappa shape index (κ1) is 44.6. The normalized spacial score (nSPS) is 13.4. The third kappa shape index (κ3) is 14.1. The van der Waals surface area contributed by atoms with E-state index in [1.54, 1.807) is 20.8 Å². The standard InChI is InChI=1S/C43H57N7O8/c1-27-19-21-29(22-20-27)25-56-39(53)36(17-10-11-23-47-41(54)58-43(3,4)5)49-37(51)28(2)48-38(52)35(18-12-24-46-40(44)45)50-42(55)57-26-34-32-15-8-6-13-30(32)31-14-7-9-16-33(31)34/h6-9,13-16,19-22,28,34-36H,10-12,17-18,23-26H2,1-5H3,(H,47,54)(H,48,52)(H,49,51)(H,50,55)(H4,44,45,46)/t28-,35-,36-/m0/s1. The summed E-state index contributed by atoms with van der Waals surface area (Å²) in [7, 11) is 0. The summed E-state index contributed by atoms with van der Waals surface area (Å²) < 4.78 is 16.5. The van der Waals surface area contributed by atoms with E-state index in [9.17, 15) is 24.0 Å². The van der Waals surface area contributed by atoms with Gasteiger partial charge in [-0.05, 0) is 94.5 Å². The highest BCUT2D eigenvalue weighted by Crippen LogP contribution is 2.44. The summed E-state index contributed by atoms with van der Waals surface area (Å²) in [6.45, 7) is 9.25. The zero-order valence-electron chi connectivity index (χ0n) is 34.0. The lowest BCUT2D eigenvalue weighted by molar-refractivity contribution is -0.149. The summed E-state index contributed by atoms with van der Waals surface area (Å²) in [5.41, 5.74) is 16.4. The van der Waals surface area contributed by atoms with Crippen LogP contribution >= 0.6 is 0 Å². The third-order valence-electron chi connectivity index (χ3n) is 9.34. The molecule has 312 valence electrons. The number of hydrogen-bond donors (Lipinski definition) is 6. The Morgan fingerprint density at radius 3 is 1.98 bits per heavy atom. The van der Waals surface area contributed by atoms with Crippen LogP contribution in [0.15, 0.2) is 77.8 Å². The van der Waals surface area contributed by atoms with E-state index in [1.165, 1.54) is 6.92 Å². The second kappa shape index (κ2) is 21.4. The quantitative estimate of drug-likeness (QED) is 0.0323. The number of aryl methyl sites for hydroxylation is 1. The summed E-state index contributed by atoms with van der Waals surface area (Å²) in [6.07, 6.45) is 0.242. The molecule has 0 radical (unpaired) electrons. The second-order valence-electron chi connectivity index (χ2n) is 15.3. The van der Waals surface area contributed by atoms with E-state index in [1.807, 2.05) is 79.7 Å². The number of guanidine groups is 1. The number of nitrogens with zero attached hydrogens (tertiary/aromatic N) is 1. The maximum absolute atomic E-state index is 13.6. The van der Waals surface area contributed by atoms with Crippen LogP contribution in [0.3, 0.4) is 0 Å². The van der Waals surface area contributed by atoms with Crippen LogP contribution in [0.1, 0.15) is 88.0 Å². The SMILES string of the molecule is Cc1ccc(COC(=O)[C@H](CCCCNC(=O)OC(C)(C)C)NC(=O)[C@H](C)NC(=O)[C@H](CCCN=C(N)N)NC(=O)OCC2c3ccccc3-c3ccccc32)cc1. The molecule has 1 aliphatic carbocycles. The van der Waals surface area contributed by atoms with Gasteiger partial charge in [0, 0.05) is 19.0 Å². The van der Waals surface area contributed by atoms with E-state index < -0.39 is 53.7 Å². The van der Waals surface area contributed by atoms with Gasteiger partial charge < -0.3 is 46.9 Å². The number of amides is 4. The van der Waals surface area contributed by atoms with Crippen molar-refractivity contribution < 1.29 is 38.2 Å². The first-order valence-corrected chi connectivity index (χ1v) is 19.6. The van der Waals surface area contributed by atoms with E-state index in [0.717, 1.165) is 33.4 Å². The highest BCUT2D eigenvalue weighted by atomic mass is 16.6. The van der Waals surface area contributed by atoms with E-state index in [4.69, 9.17) is 25.7 Å². The van der Waals surface area contributed by atoms with E-state index >= 15 is 0 Å². The van der Waals surface area contributed by atoms with Crippen molar-refractivity contribution in [1.82, 2.24) is 21.3 Å². The number of aliphatic imine (C=N–C) groups is 1. The van der Waals surface area contributed by atoms with Crippen LogP contribution in [0.5, 0.6) is 0 Å². The largest absolute Gasteiger partial charge is 0.459 e. The van der Waals surface area contributed by atoms with Crippen LogP contribution in [-0.4, -0.2) is 79.4 Å². The maximum Gasteiger partial charge on any atom is 0.407 e. The fraction of sp³-hybridized carbons (Fsp3) is 0.442. The Balaban J connectivity index is 1.37. The molecule has 0 heterocycles. The monoisotopic (exact) mass is 799 g/mol. The highest BCUT2D eigenvalue weighted by Gasteiger charge is 2.31. The van der Waals surface area contributed by atoms with Crippen LogP contribution < -0.4 is 32.7 Å². The maximum atomic E-state index is 13.6. The zero-order chi connectivity index (χ0) is 42.2. The van der Waals surface area contributed by atoms with Gasteiger partial charge in [-0.25, -0.2) is 14.4 Å². The number of benzene rings is 3. The van der Waals surface area contributed by atoms with Crippen LogP contribution in [0, 0.1) is 6.92 Å². The molecule has 0 unspecified atom stereocenters. The predicted molar refractivity (Wildman–Crippen MR) is 221 cm³/mol. The molecule has 3 aromatic carbocycles. The average molecular weight is 800 g/mol. The molecule has 4 amide bonds. The van der Waals surface area contributed by atoms with Gasteiger partial charge in [0.15, 0.2) is 5.96 Å². The minimum absolute atomic E-state index is 0.00103. The smallest absolute Gasteiger partial charge is 0.407 e. The fourth-order valence-corrected chi connectivity index (χ4v) is 6.40. The molecule has 1 aliphatic rings. The van der Waals surface area contributed by atoms with Gasteiger partial charge in [0.05, 0.1) is 0 Å². The topological polar surface area (TPSA) is 226 Å². The van der Waals surface area contributed by atoms with Crippen molar-refractivity contribution >= 4 is 35.9 Å². The molecule has 0 fully saturated rings. The molecule has 0 bridgehead atoms. The Labute approximate surface area is 340 Å². The van der Waals surface area contributed by atoms with Gasteiger partial charge >= 0.3 is 18.2 Å². The first-order valence-electron chi connectivity index (χ1n) is 19.6. The van der Waals surface area contributed by atoms with E-state index in [-0.39, 0.29) is 44.5 Å². The molecular formula is C43H57N7O8. The van der Waals surface area contributed by atoms with Gasteiger partial charge in [-0.2, -0.15) is 0 Å². The number of carbonyl (C=O) groups excluding carboxylic acids is 5. The molecule has 3 atom stereocenters. The van der Waals surface area contributed by atoms with Gasteiger partial charge in [0.1, 0.15) is 36.9 Å². The van der Waals surface area contributed by atoms with Gasteiger partial charge in [-0.15, -0.1) is 0 Å². The van der Waals surface area contributed by atoms with Crippen molar-refractivity contribution in [2.75, 3.05) is 19.7 Å². The van der Waals surface area contributed by atoms with Crippen molar-refractivity contribution in [3.8, 4) is 11.1 Å². The van der Waals surface area contributed by atoms with Crippen molar-refractivity contribution in [2.45, 2.75) is 103 Å². The Bertz CT molecular complexity index is 1860. The van der Waals surface area contributed by atoms with Crippen LogP contribution in [0.25, 0.3) is 11.1 Å². The van der Waals surface area contributed by atoms with Gasteiger partial charge in [0.25, 0.3) is 0 Å². The lowest BCUT2D eigenvalue weighted by Crippen LogP contribution is -2.55. The van der Waals surface area contributed by atoms with Crippen LogP contribution in [0.4, 0.5) is 9.59 Å². The van der Waals surface area contributed by atoms with E-state index in [2.05, 4.69) is 26.3 Å². The molecule has 0 spiro atoms. The number of nitrogens with two attached hydrogens (primary N) is 2. The molecule has 3 aromatic rings. The molecule has 15 heteroatoms. The molecule has 8 N–H and O–H groups in total. The van der Waals surface area contributed by atoms with Crippen molar-refractivity contribution in [2.24, 2.45) is 16.5 Å². The Hall–Kier alpha value is -6.12. The molecule has 15 nitrogen and oxygen atoms in total. The third-order valence-corrected chi connectivity index (χ3v) is 9.34. The lowest BCUT2D eigenvalue weighted by Gasteiger charge is -2.23. The van der Waals surface area contributed by atoms with E-state index in [0.29, 0.717) is 25.8 Å². The molecule has 4 rings (SSSR count). The molecular weight excluding hydrogens is 743 g/mol. The highest BCUT2D eigenvalue weighted by molar-refractivity contribution is 5.93. The van der Waals surface area contributed by atoms with Gasteiger partial charge in [-0.1, -0.05) is 78.4 Å². The van der Waals surface area contributed by atoms with Crippen molar-refractivity contribution in [1.29, 1.82) is 0 Å². The molecule has 0 saturated heterocycles. The number of nitrogens with one attached hydrogen (secondary N) is 4. The molecule has 0 aliphatic heterocycles. The molecule has 0 aromatic heterocycles. The summed E-state index contributed by atoms with van der Waals surface area (Å²) in [6, 6.07) is 20.1. The number of fused-ring (bicyclic) bond motifs is 3. The zero-order valence-corrected chi connectivity index (χ0v) is 34.0. The summed E-state index contributed by atoms with van der Waals surface area (Å²) >= 11 is 0. The average Bonchev–Trinajstić information content (AvgIpc) is 3.49. The minimum Gasteiger partial charge on any atom is -0.459 e. The van der Waals surface area contributed by atoms with Gasteiger partial charge in [0.2, 0.25) is 11.8 Å². The van der Waals surface area contributed by atoms with Crippen LogP contribution in [0.2, 0.25) is 0 Å². The Kier molecular flexibility index (Phi) is 16.5. The number of alkyl carbamates (subject to hydrolysis) is 2. The van der Waals surface area contributed by atoms with Crippen molar-refractivity contribution in [3.05, 3.63) is 95.1 Å². The summed E-state index contributed by atoms with van der Waals surface area (Å²) in [4.78, 5) is 69.6. The lowest BCUT2D eigenvalue weighted by atomic mass is 9.98.